The molecule has 0 aromatic rings. The Morgan fingerprint density at radius 1 is 0.759 bits per heavy atom. The van der Waals surface area contributed by atoms with Crippen LogP contribution in [0.2, 0.25) is 0 Å². The van der Waals surface area contributed by atoms with Crippen LogP contribution in [-0.2, 0) is 50.2 Å². The van der Waals surface area contributed by atoms with E-state index in [0.29, 0.717) is 6.42 Å². The van der Waals surface area contributed by atoms with Crippen LogP contribution in [0.15, 0.2) is 50.1 Å². The Hall–Kier alpha value is -2.81. The number of carbonyl (C=O) groups excluding carboxylic acids is 4. The third kappa shape index (κ3) is 13.1. The van der Waals surface area contributed by atoms with Gasteiger partial charge in [0.05, 0.1) is 23.8 Å². The smallest absolute Gasteiger partial charge is 0.550 e. The maximum atomic E-state index is 10.8. The van der Waals surface area contributed by atoms with Crippen LogP contribution in [0.4, 0.5) is 0 Å². The van der Waals surface area contributed by atoms with E-state index in [-0.39, 0.29) is 38.0 Å². The van der Waals surface area contributed by atoms with Gasteiger partial charge in [-0.2, -0.15) is 0 Å². The second-order valence-corrected chi connectivity index (χ2v) is 5.23. The van der Waals surface area contributed by atoms with Crippen molar-refractivity contribution in [3.05, 3.63) is 50.1 Å². The summed E-state index contributed by atoms with van der Waals surface area (Å²) in [4.78, 5) is 48.9. The maximum absolute atomic E-state index is 10.8. The molecule has 0 radical (unpaired) electrons. The Morgan fingerprint density at radius 3 is 1.21 bits per heavy atom. The van der Waals surface area contributed by atoms with Gasteiger partial charge >= 0.3 is 32.2 Å². The normalized spacial score (nSPS) is 21.7. The first-order valence-electron chi connectivity index (χ1n) is 7.55. The number of aliphatic carboxylic acids is 5. The van der Waals surface area contributed by atoms with Gasteiger partial charge in [0.1, 0.15) is 0 Å². The number of hydrogen-bond donors (Lipinski definition) is 1. The van der Waals surface area contributed by atoms with Crippen LogP contribution in [0.3, 0.4) is 0 Å². The first-order chi connectivity index (χ1) is 12.9. The van der Waals surface area contributed by atoms with Crippen LogP contribution in [-0.4, -0.2) is 35.0 Å². The fourth-order valence-electron chi connectivity index (χ4n) is 2.48. The van der Waals surface area contributed by atoms with Crippen molar-refractivity contribution in [1.82, 2.24) is 0 Å². The third-order valence-corrected chi connectivity index (χ3v) is 3.52. The van der Waals surface area contributed by atoms with Gasteiger partial charge < -0.3 is 44.7 Å². The monoisotopic (exact) mass is 484 g/mol. The number of rotatable bonds is 5. The number of allylic oxidation sites excluding steroid dienone is 2. The van der Waals surface area contributed by atoms with Crippen molar-refractivity contribution in [3.63, 3.8) is 0 Å². The zero-order chi connectivity index (χ0) is 22.4. The van der Waals surface area contributed by atoms with Gasteiger partial charge in [-0.25, -0.2) is 0 Å². The predicted molar refractivity (Wildman–Crippen MR) is 86.0 cm³/mol. The molecule has 0 heterocycles. The van der Waals surface area contributed by atoms with Crippen molar-refractivity contribution in [1.29, 1.82) is 0 Å². The Morgan fingerprint density at radius 2 is 1.03 bits per heavy atom. The standard InChI is InChI=1S/C9H10O4.3C3H4O2.Zr/c10-8(11)6-4-1-2-5(3-4)7(6)9(12)13;3*1-2-3(4)5;/h1-2,4-7H,3H2,(H,10,11)(H,12,13);3*2H,1H2,(H,4,5);/q;;;;+4/p-4. The molecule has 4 atom stereocenters. The van der Waals surface area contributed by atoms with Crippen LogP contribution in [0.25, 0.3) is 0 Å². The first kappa shape index (κ1) is 30.9. The molecule has 0 spiro atoms. The van der Waals surface area contributed by atoms with Gasteiger partial charge in [0.2, 0.25) is 0 Å². The minimum atomic E-state index is -1.23. The molecule has 2 rings (SSSR count). The molecule has 4 unspecified atom stereocenters. The van der Waals surface area contributed by atoms with Gasteiger partial charge in [0.25, 0.3) is 0 Å². The summed E-state index contributed by atoms with van der Waals surface area (Å²) >= 11 is 0. The molecule has 154 valence electrons. The van der Waals surface area contributed by atoms with E-state index in [1.54, 1.807) is 6.08 Å². The van der Waals surface area contributed by atoms with Crippen molar-refractivity contribution < 1.29 is 75.7 Å². The summed E-state index contributed by atoms with van der Waals surface area (Å²) in [6.45, 7) is 8.69. The third-order valence-electron chi connectivity index (χ3n) is 3.52. The summed E-state index contributed by atoms with van der Waals surface area (Å²) in [5, 5.41) is 46.9. The molecule has 2 aliphatic rings. The molecule has 0 amide bonds. The van der Waals surface area contributed by atoms with E-state index in [0.717, 1.165) is 18.2 Å². The average molecular weight is 486 g/mol. The first-order valence-corrected chi connectivity index (χ1v) is 7.55. The van der Waals surface area contributed by atoms with Gasteiger partial charge in [-0.3, -0.25) is 4.79 Å². The van der Waals surface area contributed by atoms with E-state index >= 15 is 0 Å². The van der Waals surface area contributed by atoms with Crippen molar-refractivity contribution in [2.75, 3.05) is 0 Å². The second-order valence-electron chi connectivity index (χ2n) is 5.23. The summed E-state index contributed by atoms with van der Waals surface area (Å²) in [5.74, 6) is -7.79. The maximum Gasteiger partial charge on any atom is 4.00 e. The molecule has 1 fully saturated rings. The van der Waals surface area contributed by atoms with Crippen molar-refractivity contribution in [2.24, 2.45) is 23.7 Å². The quantitative estimate of drug-likeness (QED) is 0.296. The summed E-state index contributed by atoms with van der Waals surface area (Å²) in [7, 11) is 0. The largest absolute Gasteiger partial charge is 4.00 e. The predicted octanol–water partition coefficient (Wildman–Crippen LogP) is -3.98. The van der Waals surface area contributed by atoms with Crippen LogP contribution >= 0.6 is 0 Å². The molecule has 2 bridgehead atoms. The molecule has 29 heavy (non-hydrogen) atoms. The molecule has 0 aromatic heterocycles. The van der Waals surface area contributed by atoms with Crippen molar-refractivity contribution in [3.8, 4) is 0 Å². The number of carboxylic acids is 5. The van der Waals surface area contributed by atoms with Crippen LogP contribution in [0, 0.1) is 23.7 Å². The summed E-state index contributed by atoms with van der Waals surface area (Å²) in [6.07, 6.45) is 6.42. The van der Waals surface area contributed by atoms with Crippen LogP contribution < -0.4 is 20.4 Å². The van der Waals surface area contributed by atoms with Gasteiger partial charge in [-0.15, -0.1) is 0 Å². The fourth-order valence-corrected chi connectivity index (χ4v) is 2.48. The van der Waals surface area contributed by atoms with Gasteiger partial charge in [-0.1, -0.05) is 31.9 Å². The van der Waals surface area contributed by atoms with E-state index in [1.165, 1.54) is 0 Å². The van der Waals surface area contributed by atoms with E-state index in [4.69, 9.17) is 34.8 Å². The Bertz CT molecular complexity index is 597. The molecular weight excluding hydrogens is 467 g/mol. The Kier molecular flexibility index (Phi) is 17.2. The fraction of sp³-hybridized carbons (Fsp3) is 0.278. The average Bonchev–Trinajstić information content (AvgIpc) is 3.24. The molecule has 11 heteroatoms. The summed E-state index contributed by atoms with van der Waals surface area (Å²) < 4.78 is 0. The summed E-state index contributed by atoms with van der Waals surface area (Å²) in [6, 6.07) is 0. The van der Waals surface area contributed by atoms with E-state index in [1.807, 2.05) is 6.08 Å². The summed E-state index contributed by atoms with van der Waals surface area (Å²) in [5.41, 5.74) is 0. The SMILES string of the molecule is C=CC(=O)[O-].C=CC(=O)[O-].C=CC(=O)[O-].O=C([O-])C1C2C=CC(C2)C1C(=O)O.[Zr+4]. The second kappa shape index (κ2) is 16.2. The molecule has 0 aliphatic heterocycles. The molecular formula is C18H18O10Zr. The zero-order valence-corrected chi connectivity index (χ0v) is 17.6. The van der Waals surface area contributed by atoms with Gasteiger partial charge in [0.15, 0.2) is 0 Å². The number of fused-ring (bicyclic) bond motifs is 2. The number of carboxylic acid groups (broad SMARTS) is 5. The van der Waals surface area contributed by atoms with E-state index < -0.39 is 41.7 Å². The van der Waals surface area contributed by atoms with E-state index in [2.05, 4.69) is 19.7 Å². The molecule has 10 nitrogen and oxygen atoms in total. The van der Waals surface area contributed by atoms with Crippen molar-refractivity contribution in [2.45, 2.75) is 6.42 Å². The van der Waals surface area contributed by atoms with Gasteiger partial charge in [0, 0.05) is 11.9 Å². The molecule has 0 saturated heterocycles. The molecule has 1 saturated carbocycles. The number of hydrogen-bond acceptors (Lipinski definition) is 9. The van der Waals surface area contributed by atoms with Gasteiger partial charge in [-0.05, 0) is 36.5 Å². The molecule has 0 aromatic carbocycles. The van der Waals surface area contributed by atoms with E-state index in [9.17, 15) is 14.7 Å². The molecule has 2 aliphatic carbocycles. The van der Waals surface area contributed by atoms with Crippen LogP contribution in [0.1, 0.15) is 6.42 Å². The Labute approximate surface area is 185 Å². The minimum absolute atomic E-state index is 0. The van der Waals surface area contributed by atoms with Crippen LogP contribution in [0.5, 0.6) is 0 Å². The topological polar surface area (TPSA) is 198 Å². The zero-order valence-electron chi connectivity index (χ0n) is 15.1. The Balaban J connectivity index is -0.000000357. The van der Waals surface area contributed by atoms with Crippen molar-refractivity contribution >= 4 is 29.8 Å². The number of carbonyl (C=O) groups is 5. The molecule has 1 N–H and O–H groups in total. The minimum Gasteiger partial charge on any atom is -0.550 e.